The molecule has 0 saturated carbocycles. The van der Waals surface area contributed by atoms with Crippen LogP contribution < -0.4 is 0 Å². The van der Waals surface area contributed by atoms with Crippen molar-refractivity contribution >= 4 is 5.57 Å². The molecule has 0 radical (unpaired) electrons. The predicted octanol–water partition coefficient (Wildman–Crippen LogP) is 3.49. The molecule has 0 spiro atoms. The van der Waals surface area contributed by atoms with Gasteiger partial charge in [0.25, 0.3) is 0 Å². The third-order valence-electron chi connectivity index (χ3n) is 2.74. The third kappa shape index (κ3) is 1.99. The van der Waals surface area contributed by atoms with Crippen molar-refractivity contribution in [3.05, 3.63) is 23.5 Å². The summed E-state index contributed by atoms with van der Waals surface area (Å²) in [6.45, 7) is 2.23. The molecule has 0 unspecified atom stereocenters. The summed E-state index contributed by atoms with van der Waals surface area (Å²) in [7, 11) is 0. The molecule has 0 saturated heterocycles. The predicted molar refractivity (Wildman–Crippen MR) is 54.7 cm³/mol. The SMILES string of the molecule is CCn1cc(C2=CCCC2)c(C(F)(F)F)n1. The van der Waals surface area contributed by atoms with Gasteiger partial charge in [-0.15, -0.1) is 0 Å². The van der Waals surface area contributed by atoms with Crippen LogP contribution in [-0.2, 0) is 12.7 Å². The van der Waals surface area contributed by atoms with Gasteiger partial charge in [0.05, 0.1) is 0 Å². The van der Waals surface area contributed by atoms with Crippen LogP contribution in [0, 0.1) is 0 Å². The van der Waals surface area contributed by atoms with Crippen LogP contribution >= 0.6 is 0 Å². The zero-order chi connectivity index (χ0) is 11.8. The van der Waals surface area contributed by atoms with Gasteiger partial charge in [-0.2, -0.15) is 18.3 Å². The number of hydrogen-bond acceptors (Lipinski definition) is 1. The molecule has 2 nitrogen and oxygen atoms in total. The zero-order valence-corrected chi connectivity index (χ0v) is 9.01. The van der Waals surface area contributed by atoms with E-state index in [0.29, 0.717) is 6.54 Å². The highest BCUT2D eigenvalue weighted by molar-refractivity contribution is 5.68. The van der Waals surface area contributed by atoms with Crippen molar-refractivity contribution in [2.24, 2.45) is 0 Å². The maximum absolute atomic E-state index is 12.7. The summed E-state index contributed by atoms with van der Waals surface area (Å²) in [5.74, 6) is 0. The van der Waals surface area contributed by atoms with E-state index < -0.39 is 11.9 Å². The lowest BCUT2D eigenvalue weighted by Crippen LogP contribution is -2.09. The molecule has 0 amide bonds. The second kappa shape index (κ2) is 3.96. The van der Waals surface area contributed by atoms with Crippen molar-refractivity contribution < 1.29 is 13.2 Å². The Labute approximate surface area is 91.8 Å². The zero-order valence-electron chi connectivity index (χ0n) is 9.01. The van der Waals surface area contributed by atoms with Crippen LogP contribution in [-0.4, -0.2) is 9.78 Å². The van der Waals surface area contributed by atoms with Crippen LogP contribution in [0.3, 0.4) is 0 Å². The summed E-state index contributed by atoms with van der Waals surface area (Å²) >= 11 is 0. The minimum absolute atomic E-state index is 0.256. The number of alkyl halides is 3. The lowest BCUT2D eigenvalue weighted by molar-refractivity contribution is -0.141. The van der Waals surface area contributed by atoms with Crippen LogP contribution in [0.1, 0.15) is 37.4 Å². The number of hydrogen-bond donors (Lipinski definition) is 0. The molecule has 0 bridgehead atoms. The molecule has 1 aromatic heterocycles. The number of allylic oxidation sites excluding steroid dienone is 2. The van der Waals surface area contributed by atoms with E-state index in [9.17, 15) is 13.2 Å². The first-order valence-corrected chi connectivity index (χ1v) is 5.36. The summed E-state index contributed by atoms with van der Waals surface area (Å²) in [5, 5.41) is 3.60. The molecule has 0 fully saturated rings. The van der Waals surface area contributed by atoms with E-state index in [4.69, 9.17) is 0 Å². The van der Waals surface area contributed by atoms with E-state index in [1.807, 2.05) is 6.08 Å². The average molecular weight is 230 g/mol. The summed E-state index contributed by atoms with van der Waals surface area (Å²) < 4.78 is 39.6. The van der Waals surface area contributed by atoms with E-state index in [1.165, 1.54) is 10.9 Å². The van der Waals surface area contributed by atoms with Crippen molar-refractivity contribution in [3.63, 3.8) is 0 Å². The Balaban J connectivity index is 2.46. The highest BCUT2D eigenvalue weighted by Crippen LogP contribution is 2.37. The Kier molecular flexibility index (Phi) is 2.78. The molecule has 5 heteroatoms. The normalized spacial score (nSPS) is 16.6. The number of nitrogens with zero attached hydrogens (tertiary/aromatic N) is 2. The van der Waals surface area contributed by atoms with Gasteiger partial charge < -0.3 is 0 Å². The molecule has 1 aliphatic rings. The Hall–Kier alpha value is -1.26. The van der Waals surface area contributed by atoms with Crippen LogP contribution in [0.5, 0.6) is 0 Å². The van der Waals surface area contributed by atoms with Gasteiger partial charge in [0, 0.05) is 18.3 Å². The van der Waals surface area contributed by atoms with Gasteiger partial charge in [0.1, 0.15) is 0 Å². The summed E-state index contributed by atoms with van der Waals surface area (Å²) in [5.41, 5.74) is 0.293. The van der Waals surface area contributed by atoms with Gasteiger partial charge >= 0.3 is 6.18 Å². The number of aryl methyl sites for hydroxylation is 1. The van der Waals surface area contributed by atoms with Crippen molar-refractivity contribution in [2.75, 3.05) is 0 Å². The van der Waals surface area contributed by atoms with Crippen molar-refractivity contribution in [2.45, 2.75) is 38.9 Å². The second-order valence-electron chi connectivity index (χ2n) is 3.87. The first kappa shape index (κ1) is 11.2. The largest absolute Gasteiger partial charge is 0.435 e. The van der Waals surface area contributed by atoms with E-state index in [-0.39, 0.29) is 5.56 Å². The highest BCUT2D eigenvalue weighted by Gasteiger charge is 2.38. The van der Waals surface area contributed by atoms with E-state index >= 15 is 0 Å². The molecule has 1 heterocycles. The van der Waals surface area contributed by atoms with Crippen molar-refractivity contribution in [1.29, 1.82) is 0 Å². The van der Waals surface area contributed by atoms with Gasteiger partial charge in [-0.1, -0.05) is 6.08 Å². The third-order valence-corrected chi connectivity index (χ3v) is 2.74. The Morgan fingerprint density at radius 1 is 1.44 bits per heavy atom. The smallest absolute Gasteiger partial charge is 0.272 e. The average Bonchev–Trinajstić information content (AvgIpc) is 2.85. The van der Waals surface area contributed by atoms with E-state index in [1.54, 1.807) is 6.92 Å². The molecule has 1 aromatic rings. The maximum Gasteiger partial charge on any atom is 0.435 e. The van der Waals surface area contributed by atoms with Gasteiger partial charge in [-0.3, -0.25) is 4.68 Å². The number of rotatable bonds is 2. The second-order valence-corrected chi connectivity index (χ2v) is 3.87. The fourth-order valence-electron chi connectivity index (χ4n) is 1.94. The van der Waals surface area contributed by atoms with Gasteiger partial charge in [0.2, 0.25) is 0 Å². The van der Waals surface area contributed by atoms with Crippen molar-refractivity contribution in [3.8, 4) is 0 Å². The highest BCUT2D eigenvalue weighted by atomic mass is 19.4. The molecule has 0 atom stereocenters. The molecule has 1 aliphatic carbocycles. The van der Waals surface area contributed by atoms with Crippen LogP contribution in [0.25, 0.3) is 5.57 Å². The summed E-state index contributed by atoms with van der Waals surface area (Å²) in [6, 6.07) is 0. The molecule has 0 aromatic carbocycles. The first-order valence-electron chi connectivity index (χ1n) is 5.36. The Bertz CT molecular complexity index is 415. The quantitative estimate of drug-likeness (QED) is 0.760. The molecular formula is C11H13F3N2. The minimum Gasteiger partial charge on any atom is -0.272 e. The fourth-order valence-corrected chi connectivity index (χ4v) is 1.94. The maximum atomic E-state index is 12.7. The topological polar surface area (TPSA) is 17.8 Å². The van der Waals surface area contributed by atoms with Gasteiger partial charge in [0.15, 0.2) is 5.69 Å². The standard InChI is InChI=1S/C11H13F3N2/c1-2-16-7-9(8-5-3-4-6-8)10(15-16)11(12,13)14/h5,7H,2-4,6H2,1H3. The number of halogens is 3. The van der Waals surface area contributed by atoms with Crippen LogP contribution in [0.15, 0.2) is 12.3 Å². The summed E-state index contributed by atoms with van der Waals surface area (Å²) in [6.07, 6.45) is 1.54. The Morgan fingerprint density at radius 2 is 2.19 bits per heavy atom. The molecule has 2 rings (SSSR count). The van der Waals surface area contributed by atoms with Crippen LogP contribution in [0.4, 0.5) is 13.2 Å². The lowest BCUT2D eigenvalue weighted by Gasteiger charge is -2.06. The number of aromatic nitrogens is 2. The Morgan fingerprint density at radius 3 is 2.69 bits per heavy atom. The molecule has 0 aliphatic heterocycles. The molecular weight excluding hydrogens is 217 g/mol. The van der Waals surface area contributed by atoms with Crippen molar-refractivity contribution in [1.82, 2.24) is 9.78 Å². The molecule has 0 N–H and O–H groups in total. The minimum atomic E-state index is -4.36. The molecule has 88 valence electrons. The van der Waals surface area contributed by atoms with Gasteiger partial charge in [-0.05, 0) is 31.8 Å². The van der Waals surface area contributed by atoms with E-state index in [0.717, 1.165) is 24.8 Å². The monoisotopic (exact) mass is 230 g/mol. The lowest BCUT2D eigenvalue weighted by atomic mass is 10.1. The van der Waals surface area contributed by atoms with Crippen LogP contribution in [0.2, 0.25) is 0 Å². The molecule has 16 heavy (non-hydrogen) atoms. The summed E-state index contributed by atoms with van der Waals surface area (Å²) in [4.78, 5) is 0. The van der Waals surface area contributed by atoms with E-state index in [2.05, 4.69) is 5.10 Å². The first-order chi connectivity index (χ1) is 7.52. The fraction of sp³-hybridized carbons (Fsp3) is 0.545. The van der Waals surface area contributed by atoms with Gasteiger partial charge in [-0.25, -0.2) is 0 Å².